The molecular formula is C18H23N3O3. The molecule has 1 aliphatic heterocycles. The summed E-state index contributed by atoms with van der Waals surface area (Å²) in [5.74, 6) is 1.34. The topological polar surface area (TPSA) is 68.5 Å². The number of hydrogen-bond donors (Lipinski definition) is 0. The Morgan fingerprint density at radius 2 is 2.21 bits per heavy atom. The first-order valence-corrected chi connectivity index (χ1v) is 8.44. The number of carbonyl (C=O) groups excluding carboxylic acids is 1. The van der Waals surface area contributed by atoms with Crippen molar-refractivity contribution in [1.29, 1.82) is 0 Å². The second-order valence-electron chi connectivity index (χ2n) is 6.11. The molecule has 6 heteroatoms. The zero-order valence-corrected chi connectivity index (χ0v) is 14.0. The number of pyridine rings is 1. The number of hydrogen-bond acceptors (Lipinski definition) is 5. The number of amides is 1. The molecule has 0 aromatic carbocycles. The van der Waals surface area contributed by atoms with Gasteiger partial charge in [0.15, 0.2) is 0 Å². The number of rotatable bonds is 7. The lowest BCUT2D eigenvalue weighted by atomic mass is 10.0. The minimum absolute atomic E-state index is 0.197. The van der Waals surface area contributed by atoms with E-state index in [0.717, 1.165) is 32.2 Å². The van der Waals surface area contributed by atoms with Crippen LogP contribution in [0.3, 0.4) is 0 Å². The molecule has 1 fully saturated rings. The molecule has 0 aliphatic carbocycles. The van der Waals surface area contributed by atoms with Gasteiger partial charge >= 0.3 is 0 Å². The van der Waals surface area contributed by atoms with E-state index in [1.54, 1.807) is 13.2 Å². The van der Waals surface area contributed by atoms with Crippen molar-refractivity contribution < 1.29 is 14.1 Å². The monoisotopic (exact) mass is 329 g/mol. The second kappa shape index (κ2) is 7.95. The van der Waals surface area contributed by atoms with Crippen molar-refractivity contribution in [3.63, 3.8) is 0 Å². The lowest BCUT2D eigenvalue weighted by molar-refractivity contribution is -0.132. The van der Waals surface area contributed by atoms with Crippen LogP contribution in [0.15, 0.2) is 35.1 Å². The summed E-state index contributed by atoms with van der Waals surface area (Å²) in [7, 11) is 1.55. The number of nitrogens with zero attached hydrogens (tertiary/aromatic N) is 3. The number of carbonyl (C=O) groups is 1. The van der Waals surface area contributed by atoms with Gasteiger partial charge in [-0.2, -0.15) is 0 Å². The quantitative estimate of drug-likeness (QED) is 0.781. The first kappa shape index (κ1) is 16.5. The van der Waals surface area contributed by atoms with Gasteiger partial charge < -0.3 is 14.2 Å². The molecule has 1 saturated heterocycles. The van der Waals surface area contributed by atoms with Gasteiger partial charge in [0.05, 0.1) is 7.11 Å². The summed E-state index contributed by atoms with van der Waals surface area (Å²) >= 11 is 0. The van der Waals surface area contributed by atoms with Crippen LogP contribution >= 0.6 is 0 Å². The number of aryl methyl sites for hydroxylation is 2. The van der Waals surface area contributed by atoms with Gasteiger partial charge in [0.25, 0.3) is 5.88 Å². The summed E-state index contributed by atoms with van der Waals surface area (Å²) in [6, 6.07) is 6.16. The van der Waals surface area contributed by atoms with Gasteiger partial charge in [-0.3, -0.25) is 9.78 Å². The maximum atomic E-state index is 12.5. The van der Waals surface area contributed by atoms with Gasteiger partial charge in [-0.1, -0.05) is 0 Å². The van der Waals surface area contributed by atoms with Gasteiger partial charge in [-0.15, -0.1) is 0 Å². The Hall–Kier alpha value is -2.37. The number of aromatic nitrogens is 2. The van der Waals surface area contributed by atoms with Crippen molar-refractivity contribution >= 4 is 5.91 Å². The van der Waals surface area contributed by atoms with Crippen LogP contribution in [0.25, 0.3) is 0 Å². The van der Waals surface area contributed by atoms with Crippen molar-refractivity contribution in [2.75, 3.05) is 13.7 Å². The van der Waals surface area contributed by atoms with Gasteiger partial charge in [-0.05, 0) is 48.5 Å². The highest BCUT2D eigenvalue weighted by atomic mass is 16.5. The van der Waals surface area contributed by atoms with Crippen molar-refractivity contribution in [2.24, 2.45) is 0 Å². The van der Waals surface area contributed by atoms with Gasteiger partial charge in [0.1, 0.15) is 5.76 Å². The lowest BCUT2D eigenvalue weighted by Gasteiger charge is -2.24. The summed E-state index contributed by atoms with van der Waals surface area (Å²) in [4.78, 5) is 18.6. The molecule has 2 aromatic heterocycles. The summed E-state index contributed by atoms with van der Waals surface area (Å²) in [6.07, 6.45) is 8.81. The molecule has 0 radical (unpaired) electrons. The van der Waals surface area contributed by atoms with E-state index in [4.69, 9.17) is 9.26 Å². The van der Waals surface area contributed by atoms with Crippen molar-refractivity contribution in [3.8, 4) is 5.88 Å². The van der Waals surface area contributed by atoms with Crippen LogP contribution in [0.4, 0.5) is 0 Å². The third kappa shape index (κ3) is 4.13. The lowest BCUT2D eigenvalue weighted by Crippen LogP contribution is -2.35. The van der Waals surface area contributed by atoms with Crippen molar-refractivity contribution in [1.82, 2.24) is 15.0 Å². The fourth-order valence-corrected chi connectivity index (χ4v) is 3.23. The fraction of sp³-hybridized carbons (Fsp3) is 0.500. The van der Waals surface area contributed by atoms with E-state index in [0.29, 0.717) is 30.5 Å². The second-order valence-corrected chi connectivity index (χ2v) is 6.11. The molecule has 0 bridgehead atoms. The number of ether oxygens (including phenoxy) is 1. The van der Waals surface area contributed by atoms with Gasteiger partial charge in [0.2, 0.25) is 5.91 Å². The standard InChI is InChI=1S/C18H23N3O3/c1-23-17-13-16(24-20-17)6-7-18(22)21-12-2-3-15(21)5-4-14-8-10-19-11-9-14/h8-11,13,15H,2-7,12H2,1H3/t15-/m1/s1. The Labute approximate surface area is 141 Å². The number of likely N-dealkylation sites (tertiary alicyclic amines) is 1. The first-order valence-electron chi connectivity index (χ1n) is 8.44. The van der Waals surface area contributed by atoms with Gasteiger partial charge in [0, 0.05) is 43.9 Å². The highest BCUT2D eigenvalue weighted by Crippen LogP contribution is 2.23. The molecule has 0 N–H and O–H groups in total. The highest BCUT2D eigenvalue weighted by Gasteiger charge is 2.28. The molecule has 0 unspecified atom stereocenters. The first-order chi connectivity index (χ1) is 11.8. The summed E-state index contributed by atoms with van der Waals surface area (Å²) in [5, 5.41) is 3.76. The van der Waals surface area contributed by atoms with Crippen LogP contribution in [-0.4, -0.2) is 40.6 Å². The molecule has 1 amide bonds. The normalized spacial score (nSPS) is 17.2. The maximum absolute atomic E-state index is 12.5. The Morgan fingerprint density at radius 1 is 1.38 bits per heavy atom. The molecule has 3 heterocycles. The average Bonchev–Trinajstić information content (AvgIpc) is 3.28. The molecular weight excluding hydrogens is 306 g/mol. The van der Waals surface area contributed by atoms with Gasteiger partial charge in [-0.25, -0.2) is 0 Å². The Bertz CT molecular complexity index is 657. The smallest absolute Gasteiger partial charge is 0.254 e. The van der Waals surface area contributed by atoms with Crippen LogP contribution in [0, 0.1) is 0 Å². The summed E-state index contributed by atoms with van der Waals surface area (Å²) < 4.78 is 10.1. The highest BCUT2D eigenvalue weighted by molar-refractivity contribution is 5.77. The largest absolute Gasteiger partial charge is 0.479 e. The Morgan fingerprint density at radius 3 is 2.96 bits per heavy atom. The van der Waals surface area contributed by atoms with E-state index in [1.807, 2.05) is 29.4 Å². The molecule has 1 atom stereocenters. The minimum atomic E-state index is 0.197. The third-order valence-electron chi connectivity index (χ3n) is 4.54. The molecule has 1 aliphatic rings. The molecule has 6 nitrogen and oxygen atoms in total. The molecule has 2 aromatic rings. The van der Waals surface area contributed by atoms with Crippen molar-refractivity contribution in [2.45, 2.75) is 44.6 Å². The van der Waals surface area contributed by atoms with E-state index in [2.05, 4.69) is 10.1 Å². The predicted molar refractivity (Wildman–Crippen MR) is 88.7 cm³/mol. The molecule has 24 heavy (non-hydrogen) atoms. The van der Waals surface area contributed by atoms with Crippen LogP contribution in [0.2, 0.25) is 0 Å². The zero-order chi connectivity index (χ0) is 16.8. The molecule has 128 valence electrons. The number of methoxy groups -OCH3 is 1. The third-order valence-corrected chi connectivity index (χ3v) is 4.54. The average molecular weight is 329 g/mol. The van der Waals surface area contributed by atoms with E-state index in [-0.39, 0.29) is 5.91 Å². The summed E-state index contributed by atoms with van der Waals surface area (Å²) in [5.41, 5.74) is 1.28. The van der Waals surface area contributed by atoms with E-state index in [9.17, 15) is 4.79 Å². The maximum Gasteiger partial charge on any atom is 0.254 e. The minimum Gasteiger partial charge on any atom is -0.479 e. The molecule has 0 saturated carbocycles. The van der Waals surface area contributed by atoms with Crippen LogP contribution < -0.4 is 4.74 Å². The van der Waals surface area contributed by atoms with E-state index in [1.165, 1.54) is 5.56 Å². The molecule has 3 rings (SSSR count). The Balaban J connectivity index is 1.49. The van der Waals surface area contributed by atoms with Crippen molar-refractivity contribution in [3.05, 3.63) is 41.9 Å². The van der Waals surface area contributed by atoms with E-state index < -0.39 is 0 Å². The van der Waals surface area contributed by atoms with Crippen LogP contribution in [0.1, 0.15) is 37.0 Å². The molecule has 0 spiro atoms. The van der Waals surface area contributed by atoms with E-state index >= 15 is 0 Å². The fourth-order valence-electron chi connectivity index (χ4n) is 3.23. The van der Waals surface area contributed by atoms with Crippen LogP contribution in [0.5, 0.6) is 5.88 Å². The summed E-state index contributed by atoms with van der Waals surface area (Å²) in [6.45, 7) is 0.861. The predicted octanol–water partition coefficient (Wildman–Crippen LogP) is 2.63. The zero-order valence-electron chi connectivity index (χ0n) is 14.0. The van der Waals surface area contributed by atoms with Crippen LogP contribution in [-0.2, 0) is 17.6 Å². The Kier molecular flexibility index (Phi) is 5.46. The SMILES string of the molecule is COc1cc(CCC(=O)N2CCC[C@@H]2CCc2ccncc2)on1.